The zero-order valence-electron chi connectivity index (χ0n) is 14.2. The van der Waals surface area contributed by atoms with E-state index < -0.39 is 6.09 Å². The monoisotopic (exact) mass is 324 g/mol. The summed E-state index contributed by atoms with van der Waals surface area (Å²) in [6.45, 7) is 4.86. The summed E-state index contributed by atoms with van der Waals surface area (Å²) >= 11 is 0. The lowest BCUT2D eigenvalue weighted by Gasteiger charge is -2.07. The SMILES string of the molecule is Cc1cc(C=CCCNC(=O)OCc2ccccc2)c(C)cc1N. The Labute approximate surface area is 143 Å². The smallest absolute Gasteiger partial charge is 0.407 e. The molecule has 0 aliphatic heterocycles. The summed E-state index contributed by atoms with van der Waals surface area (Å²) in [6, 6.07) is 13.7. The number of nitrogens with two attached hydrogens (primary N) is 1. The van der Waals surface area contributed by atoms with E-state index in [1.165, 1.54) is 0 Å². The summed E-state index contributed by atoms with van der Waals surface area (Å²) in [4.78, 5) is 11.6. The van der Waals surface area contributed by atoms with Crippen LogP contribution in [0.15, 0.2) is 48.5 Å². The van der Waals surface area contributed by atoms with Crippen molar-refractivity contribution in [1.82, 2.24) is 5.32 Å². The molecule has 1 amide bonds. The molecule has 4 heteroatoms. The van der Waals surface area contributed by atoms with Gasteiger partial charge in [-0.05, 0) is 54.7 Å². The number of nitrogen functional groups attached to an aromatic ring is 1. The van der Waals surface area contributed by atoms with E-state index in [1.807, 2.05) is 56.3 Å². The molecular weight excluding hydrogens is 300 g/mol. The largest absolute Gasteiger partial charge is 0.445 e. The first-order chi connectivity index (χ1) is 11.6. The fourth-order valence-corrected chi connectivity index (χ4v) is 2.28. The molecule has 0 bridgehead atoms. The quantitative estimate of drug-likeness (QED) is 0.618. The zero-order chi connectivity index (χ0) is 17.4. The van der Waals surface area contributed by atoms with E-state index in [0.29, 0.717) is 6.54 Å². The van der Waals surface area contributed by atoms with Crippen LogP contribution in [0.1, 0.15) is 28.7 Å². The predicted molar refractivity (Wildman–Crippen MR) is 98.6 cm³/mol. The van der Waals surface area contributed by atoms with Crippen LogP contribution in [0.2, 0.25) is 0 Å². The average molecular weight is 324 g/mol. The van der Waals surface area contributed by atoms with Crippen LogP contribution in [0.3, 0.4) is 0 Å². The van der Waals surface area contributed by atoms with Crippen LogP contribution in [-0.2, 0) is 11.3 Å². The molecule has 4 nitrogen and oxygen atoms in total. The van der Waals surface area contributed by atoms with E-state index in [1.54, 1.807) is 0 Å². The van der Waals surface area contributed by atoms with Gasteiger partial charge < -0.3 is 15.8 Å². The van der Waals surface area contributed by atoms with Gasteiger partial charge in [-0.15, -0.1) is 0 Å². The third kappa shape index (κ3) is 5.47. The van der Waals surface area contributed by atoms with Crippen LogP contribution in [0, 0.1) is 13.8 Å². The number of amides is 1. The van der Waals surface area contributed by atoms with Crippen molar-refractivity contribution in [3.63, 3.8) is 0 Å². The molecule has 24 heavy (non-hydrogen) atoms. The van der Waals surface area contributed by atoms with E-state index in [4.69, 9.17) is 10.5 Å². The third-order valence-corrected chi connectivity index (χ3v) is 3.75. The van der Waals surface area contributed by atoms with Crippen molar-refractivity contribution in [2.75, 3.05) is 12.3 Å². The highest BCUT2D eigenvalue weighted by atomic mass is 16.5. The number of alkyl carbamates (subject to hydrolysis) is 1. The van der Waals surface area contributed by atoms with Crippen LogP contribution in [-0.4, -0.2) is 12.6 Å². The summed E-state index contributed by atoms with van der Waals surface area (Å²) in [6.07, 6.45) is 4.43. The summed E-state index contributed by atoms with van der Waals surface area (Å²) < 4.78 is 5.15. The topological polar surface area (TPSA) is 64.3 Å². The molecule has 0 aromatic heterocycles. The summed E-state index contributed by atoms with van der Waals surface area (Å²) in [5, 5.41) is 2.74. The average Bonchev–Trinajstić information content (AvgIpc) is 2.58. The van der Waals surface area contributed by atoms with Crippen molar-refractivity contribution >= 4 is 17.9 Å². The van der Waals surface area contributed by atoms with E-state index in [9.17, 15) is 4.79 Å². The minimum Gasteiger partial charge on any atom is -0.445 e. The second-order valence-corrected chi connectivity index (χ2v) is 5.74. The van der Waals surface area contributed by atoms with Gasteiger partial charge in [0.2, 0.25) is 0 Å². The second-order valence-electron chi connectivity index (χ2n) is 5.74. The maximum absolute atomic E-state index is 11.6. The van der Waals surface area contributed by atoms with Gasteiger partial charge >= 0.3 is 6.09 Å². The molecule has 0 saturated heterocycles. The number of carbonyl (C=O) groups is 1. The zero-order valence-corrected chi connectivity index (χ0v) is 14.2. The number of aryl methyl sites for hydroxylation is 2. The Morgan fingerprint density at radius 1 is 1.17 bits per heavy atom. The van der Waals surface area contributed by atoms with E-state index in [0.717, 1.165) is 34.4 Å². The number of rotatable bonds is 6. The normalized spacial score (nSPS) is 10.8. The molecule has 2 aromatic carbocycles. The maximum atomic E-state index is 11.6. The Morgan fingerprint density at radius 3 is 2.67 bits per heavy atom. The molecule has 0 fully saturated rings. The first kappa shape index (κ1) is 17.6. The number of anilines is 1. The molecule has 0 aliphatic carbocycles. The molecule has 0 atom stereocenters. The highest BCUT2D eigenvalue weighted by Gasteiger charge is 2.01. The van der Waals surface area contributed by atoms with E-state index in [2.05, 4.69) is 17.5 Å². The van der Waals surface area contributed by atoms with Crippen LogP contribution in [0.5, 0.6) is 0 Å². The fourth-order valence-electron chi connectivity index (χ4n) is 2.28. The first-order valence-electron chi connectivity index (χ1n) is 8.04. The van der Waals surface area contributed by atoms with Crippen molar-refractivity contribution in [3.05, 3.63) is 70.8 Å². The number of hydrogen-bond acceptors (Lipinski definition) is 3. The molecular formula is C20H24N2O2. The molecule has 3 N–H and O–H groups in total. The summed E-state index contributed by atoms with van der Waals surface area (Å²) in [7, 11) is 0. The lowest BCUT2D eigenvalue weighted by molar-refractivity contribution is 0.140. The van der Waals surface area contributed by atoms with Crippen LogP contribution in [0.25, 0.3) is 6.08 Å². The Hall–Kier alpha value is -2.75. The van der Waals surface area contributed by atoms with E-state index in [-0.39, 0.29) is 6.61 Å². The van der Waals surface area contributed by atoms with Gasteiger partial charge in [-0.1, -0.05) is 42.5 Å². The highest BCUT2D eigenvalue weighted by Crippen LogP contribution is 2.18. The third-order valence-electron chi connectivity index (χ3n) is 3.75. The molecule has 0 aliphatic rings. The molecule has 0 saturated carbocycles. The lowest BCUT2D eigenvalue weighted by atomic mass is 10.0. The van der Waals surface area contributed by atoms with Crippen molar-refractivity contribution in [1.29, 1.82) is 0 Å². The number of benzene rings is 2. The lowest BCUT2D eigenvalue weighted by Crippen LogP contribution is -2.24. The Bertz CT molecular complexity index is 709. The number of hydrogen-bond donors (Lipinski definition) is 2. The van der Waals surface area contributed by atoms with Gasteiger partial charge in [0.05, 0.1) is 0 Å². The van der Waals surface area contributed by atoms with Gasteiger partial charge in [0.25, 0.3) is 0 Å². The van der Waals surface area contributed by atoms with Crippen molar-refractivity contribution in [2.45, 2.75) is 26.9 Å². The molecule has 0 heterocycles. The highest BCUT2D eigenvalue weighted by molar-refractivity contribution is 5.67. The molecule has 0 unspecified atom stereocenters. The van der Waals surface area contributed by atoms with Crippen LogP contribution >= 0.6 is 0 Å². The van der Waals surface area contributed by atoms with Gasteiger partial charge in [0.1, 0.15) is 6.61 Å². The molecule has 2 aromatic rings. The van der Waals surface area contributed by atoms with Crippen molar-refractivity contribution in [3.8, 4) is 0 Å². The number of ether oxygens (including phenoxy) is 1. The van der Waals surface area contributed by atoms with Gasteiger partial charge in [-0.2, -0.15) is 0 Å². The van der Waals surface area contributed by atoms with Crippen LogP contribution < -0.4 is 11.1 Å². The first-order valence-corrected chi connectivity index (χ1v) is 8.04. The van der Waals surface area contributed by atoms with Gasteiger partial charge in [-0.3, -0.25) is 0 Å². The Morgan fingerprint density at radius 2 is 1.92 bits per heavy atom. The number of carbonyl (C=O) groups excluding carboxylic acids is 1. The standard InChI is InChI=1S/C20H24N2O2/c1-15-13-19(21)16(2)12-18(15)10-6-7-11-22-20(23)24-14-17-8-4-3-5-9-17/h3-6,8-10,12-13H,7,11,14,21H2,1-2H3,(H,22,23). The van der Waals surface area contributed by atoms with Crippen LogP contribution in [0.4, 0.5) is 10.5 Å². The van der Waals surface area contributed by atoms with Gasteiger partial charge in [0.15, 0.2) is 0 Å². The molecule has 126 valence electrons. The van der Waals surface area contributed by atoms with Gasteiger partial charge in [0, 0.05) is 12.2 Å². The minimum absolute atomic E-state index is 0.284. The molecule has 0 spiro atoms. The minimum atomic E-state index is -0.397. The predicted octanol–water partition coefficient (Wildman–Crippen LogP) is 4.22. The summed E-state index contributed by atoms with van der Waals surface area (Å²) in [5.74, 6) is 0. The fraction of sp³-hybridized carbons (Fsp3) is 0.250. The second kappa shape index (κ2) is 8.77. The molecule has 0 radical (unpaired) electrons. The number of nitrogens with one attached hydrogen (secondary N) is 1. The van der Waals surface area contributed by atoms with E-state index >= 15 is 0 Å². The van der Waals surface area contributed by atoms with Crippen molar-refractivity contribution < 1.29 is 9.53 Å². The summed E-state index contributed by atoms with van der Waals surface area (Å²) in [5.41, 5.74) is 11.0. The maximum Gasteiger partial charge on any atom is 0.407 e. The Balaban J connectivity index is 1.70. The van der Waals surface area contributed by atoms with Gasteiger partial charge in [-0.25, -0.2) is 4.79 Å². The molecule has 2 rings (SSSR count). The Kier molecular flexibility index (Phi) is 6.43. The van der Waals surface area contributed by atoms with Crippen molar-refractivity contribution in [2.24, 2.45) is 0 Å².